The molecule has 2 unspecified atom stereocenters. The molecule has 1 aromatic heterocycles. The van der Waals surface area contributed by atoms with Gasteiger partial charge in [0.2, 0.25) is 0 Å². The minimum absolute atomic E-state index is 0.0700. The van der Waals surface area contributed by atoms with Gasteiger partial charge in [0.1, 0.15) is 16.1 Å². The van der Waals surface area contributed by atoms with Crippen molar-refractivity contribution in [3.05, 3.63) is 29.0 Å². The summed E-state index contributed by atoms with van der Waals surface area (Å²) in [5.41, 5.74) is -0.262. The monoisotopic (exact) mass is 415 g/mol. The van der Waals surface area contributed by atoms with Gasteiger partial charge in [0.25, 0.3) is 0 Å². The summed E-state index contributed by atoms with van der Waals surface area (Å²) in [6.07, 6.45) is 0.321. The molecule has 0 saturated carbocycles. The van der Waals surface area contributed by atoms with Crippen LogP contribution in [0.5, 0.6) is 0 Å². The lowest BCUT2D eigenvalue weighted by Gasteiger charge is -2.24. The lowest BCUT2D eigenvalue weighted by atomic mass is 9.98. The number of alkyl halides is 3. The number of halogens is 3. The first-order valence-electron chi connectivity index (χ1n) is 9.16. The molecule has 5 nitrogen and oxygen atoms in total. The van der Waals surface area contributed by atoms with Crippen LogP contribution >= 0.6 is 0 Å². The zero-order chi connectivity index (χ0) is 20.7. The number of nitrogens with zero attached hydrogens (tertiary/aromatic N) is 3. The lowest BCUT2D eigenvalue weighted by molar-refractivity contribution is -0.138. The first-order chi connectivity index (χ1) is 13.0. The average molecular weight is 415 g/mol. The van der Waals surface area contributed by atoms with E-state index in [0.717, 1.165) is 25.5 Å². The molecule has 0 N–H and O–H groups in total. The molecule has 1 aliphatic heterocycles. The third kappa shape index (κ3) is 4.21. The Morgan fingerprint density at radius 2 is 2.04 bits per heavy atom. The molecule has 9 heteroatoms. The normalized spacial score (nSPS) is 20.2. The maximum Gasteiger partial charge on any atom is 0.417 e. The van der Waals surface area contributed by atoms with Crippen LogP contribution in [0.4, 0.5) is 13.2 Å². The molecule has 154 valence electrons. The van der Waals surface area contributed by atoms with Crippen LogP contribution < -0.4 is 0 Å². The smallest absolute Gasteiger partial charge is 0.417 e. The van der Waals surface area contributed by atoms with Gasteiger partial charge in [-0.1, -0.05) is 4.40 Å². The largest absolute Gasteiger partial charge is 0.591 e. The zero-order valence-electron chi connectivity index (χ0n) is 16.3. The summed E-state index contributed by atoms with van der Waals surface area (Å²) in [5.74, 6) is 0. The highest BCUT2D eigenvalue weighted by atomic mass is 32.2. The second-order valence-electron chi connectivity index (χ2n) is 7.92. The first kappa shape index (κ1) is 21.1. The fraction of sp³-hybridized carbons (Fsp3) is 0.579. The SMILES string of the molecule is Cc1cc2c(cnn2C2CCCCO2)c(C=N[S+]([O-])C(C)(C)C)c1C(F)(F)F. The van der Waals surface area contributed by atoms with E-state index < -0.39 is 27.8 Å². The van der Waals surface area contributed by atoms with E-state index in [9.17, 15) is 17.7 Å². The molecule has 1 saturated heterocycles. The van der Waals surface area contributed by atoms with E-state index in [1.807, 2.05) is 0 Å². The Hall–Kier alpha value is -1.58. The van der Waals surface area contributed by atoms with Gasteiger partial charge < -0.3 is 9.29 Å². The Kier molecular flexibility index (Phi) is 5.80. The lowest BCUT2D eigenvalue weighted by Crippen LogP contribution is -2.26. The van der Waals surface area contributed by atoms with Gasteiger partial charge in [0.05, 0.1) is 23.5 Å². The highest BCUT2D eigenvalue weighted by Gasteiger charge is 2.37. The van der Waals surface area contributed by atoms with Gasteiger partial charge in [-0.25, -0.2) is 4.68 Å². The van der Waals surface area contributed by atoms with Crippen LogP contribution in [0.15, 0.2) is 16.7 Å². The number of fused-ring (bicyclic) bond motifs is 1. The Labute approximate surface area is 165 Å². The molecular weight excluding hydrogens is 391 g/mol. The van der Waals surface area contributed by atoms with E-state index >= 15 is 0 Å². The molecule has 0 aliphatic carbocycles. The van der Waals surface area contributed by atoms with Crippen molar-refractivity contribution in [2.24, 2.45) is 4.40 Å². The predicted molar refractivity (Wildman–Crippen MR) is 104 cm³/mol. The third-order valence-corrected chi connectivity index (χ3v) is 6.00. The molecule has 3 rings (SSSR count). The second-order valence-corrected chi connectivity index (χ2v) is 9.85. The summed E-state index contributed by atoms with van der Waals surface area (Å²) >= 11 is -1.67. The molecule has 1 aromatic carbocycles. The van der Waals surface area contributed by atoms with Crippen LogP contribution in [-0.2, 0) is 22.3 Å². The summed E-state index contributed by atoms with van der Waals surface area (Å²) < 4.78 is 64.2. The molecule has 0 bridgehead atoms. The number of aryl methyl sites for hydroxylation is 1. The van der Waals surface area contributed by atoms with Crippen LogP contribution in [0.3, 0.4) is 0 Å². The first-order valence-corrected chi connectivity index (χ1v) is 10.3. The fourth-order valence-corrected chi connectivity index (χ4v) is 3.78. The summed E-state index contributed by atoms with van der Waals surface area (Å²) in [7, 11) is 0. The Bertz CT molecular complexity index is 881. The maximum absolute atomic E-state index is 13.8. The van der Waals surface area contributed by atoms with Crippen molar-refractivity contribution in [3.8, 4) is 0 Å². The summed E-state index contributed by atoms with van der Waals surface area (Å²) in [6, 6.07) is 1.49. The van der Waals surface area contributed by atoms with Gasteiger partial charge in [-0.3, -0.25) is 0 Å². The Balaban J connectivity index is 2.17. The number of aromatic nitrogens is 2. The molecule has 28 heavy (non-hydrogen) atoms. The highest BCUT2D eigenvalue weighted by Crippen LogP contribution is 2.38. The number of hydrogen-bond acceptors (Lipinski definition) is 4. The van der Waals surface area contributed by atoms with Crippen molar-refractivity contribution in [1.82, 2.24) is 9.78 Å². The third-order valence-electron chi connectivity index (χ3n) is 4.65. The molecule has 0 spiro atoms. The Morgan fingerprint density at radius 1 is 1.32 bits per heavy atom. The number of hydrogen-bond donors (Lipinski definition) is 0. The van der Waals surface area contributed by atoms with E-state index in [4.69, 9.17) is 4.74 Å². The van der Waals surface area contributed by atoms with E-state index in [2.05, 4.69) is 9.50 Å². The molecule has 2 aromatic rings. The average Bonchev–Trinajstić information content (AvgIpc) is 3.01. The second kappa shape index (κ2) is 7.68. The summed E-state index contributed by atoms with van der Waals surface area (Å²) in [6.45, 7) is 7.17. The molecule has 2 heterocycles. The summed E-state index contributed by atoms with van der Waals surface area (Å²) in [5, 5.41) is 4.63. The topological polar surface area (TPSA) is 62.5 Å². The minimum atomic E-state index is -4.56. The zero-order valence-corrected chi connectivity index (χ0v) is 17.2. The Morgan fingerprint density at radius 3 is 2.61 bits per heavy atom. The van der Waals surface area contributed by atoms with Crippen LogP contribution in [0.2, 0.25) is 0 Å². The quantitative estimate of drug-likeness (QED) is 0.527. The highest BCUT2D eigenvalue weighted by molar-refractivity contribution is 7.91. The van der Waals surface area contributed by atoms with Crippen molar-refractivity contribution >= 4 is 28.5 Å². The van der Waals surface area contributed by atoms with Gasteiger partial charge in [-0.15, -0.1) is 0 Å². The number of rotatable bonds is 3. The van der Waals surface area contributed by atoms with Crippen LogP contribution in [-0.4, -0.2) is 31.9 Å². The number of ether oxygens (including phenoxy) is 1. The van der Waals surface area contributed by atoms with Crippen LogP contribution in [0.1, 0.15) is 63.0 Å². The molecule has 0 amide bonds. The van der Waals surface area contributed by atoms with E-state index in [-0.39, 0.29) is 17.4 Å². The van der Waals surface area contributed by atoms with Crippen LogP contribution in [0.25, 0.3) is 10.9 Å². The molecule has 1 fully saturated rings. The standard InChI is InChI=1S/C19H24F3N3O2S/c1-12-9-15-13(10-23-25(15)16-7-5-6-8-27-16)14(17(12)19(20,21)22)11-24-28(26)18(2,3)4/h9-11,16H,5-8H2,1-4H3. The number of benzene rings is 1. The molecule has 1 aliphatic rings. The van der Waals surface area contributed by atoms with Crippen molar-refractivity contribution in [2.45, 2.75) is 64.1 Å². The summed E-state index contributed by atoms with van der Waals surface area (Å²) in [4.78, 5) is 0. The fourth-order valence-electron chi connectivity index (χ4n) is 3.26. The van der Waals surface area contributed by atoms with E-state index in [1.165, 1.54) is 19.2 Å². The van der Waals surface area contributed by atoms with Crippen molar-refractivity contribution in [3.63, 3.8) is 0 Å². The van der Waals surface area contributed by atoms with Crippen molar-refractivity contribution in [1.29, 1.82) is 0 Å². The van der Waals surface area contributed by atoms with Gasteiger partial charge >= 0.3 is 6.18 Å². The molecular formula is C19H24F3N3O2S. The van der Waals surface area contributed by atoms with Crippen molar-refractivity contribution in [2.75, 3.05) is 6.61 Å². The van der Waals surface area contributed by atoms with Crippen molar-refractivity contribution < 1.29 is 22.5 Å². The molecule has 2 atom stereocenters. The van der Waals surface area contributed by atoms with Gasteiger partial charge in [-0.05, 0) is 58.6 Å². The van der Waals surface area contributed by atoms with Crippen LogP contribution in [0, 0.1) is 6.92 Å². The minimum Gasteiger partial charge on any atom is -0.591 e. The maximum atomic E-state index is 13.8. The van der Waals surface area contributed by atoms with E-state index in [0.29, 0.717) is 17.5 Å². The predicted octanol–water partition coefficient (Wildman–Crippen LogP) is 4.94. The van der Waals surface area contributed by atoms with E-state index in [1.54, 1.807) is 25.5 Å². The molecule has 0 radical (unpaired) electrons. The van der Waals surface area contributed by atoms with Gasteiger partial charge in [0.15, 0.2) is 6.23 Å². The van der Waals surface area contributed by atoms with Gasteiger partial charge in [0, 0.05) is 17.6 Å². The van der Waals surface area contributed by atoms with Gasteiger partial charge in [-0.2, -0.15) is 18.3 Å².